The van der Waals surface area contributed by atoms with Crippen LogP contribution in [0.15, 0.2) is 12.1 Å². The molecule has 29 heavy (non-hydrogen) atoms. The number of pyridine rings is 1. The topological polar surface area (TPSA) is 59.3 Å². The second kappa shape index (κ2) is 7.56. The van der Waals surface area contributed by atoms with E-state index in [0.29, 0.717) is 38.5 Å². The zero-order valence-corrected chi connectivity index (χ0v) is 16.5. The lowest BCUT2D eigenvalue weighted by Crippen LogP contribution is -2.45. The van der Waals surface area contributed by atoms with Gasteiger partial charge in [0, 0.05) is 37.8 Å². The normalized spacial score (nSPS) is 19.2. The van der Waals surface area contributed by atoms with Crippen molar-refractivity contribution < 1.29 is 27.4 Å². The van der Waals surface area contributed by atoms with Gasteiger partial charge in [-0.3, -0.25) is 4.90 Å². The van der Waals surface area contributed by atoms with Crippen LogP contribution in [-0.2, 0) is 17.5 Å². The van der Waals surface area contributed by atoms with Crippen LogP contribution in [0.4, 0.5) is 18.0 Å². The maximum atomic E-state index is 13.4. The number of hydrogen-bond donors (Lipinski definition) is 0. The number of piperidine rings is 1. The molecule has 1 amide bonds. The summed E-state index contributed by atoms with van der Waals surface area (Å²) in [5.74, 6) is 0.0662. The van der Waals surface area contributed by atoms with Crippen molar-refractivity contribution in [2.45, 2.75) is 31.6 Å². The maximum absolute atomic E-state index is 13.4. The highest BCUT2D eigenvalue weighted by molar-refractivity contribution is 6.34. The number of alkyl halides is 3. The molecule has 2 fully saturated rings. The van der Waals surface area contributed by atoms with Gasteiger partial charge < -0.3 is 14.4 Å². The smallest absolute Gasteiger partial charge is 0.433 e. The molecular weight excluding hydrogens is 413 g/mol. The Labute approximate surface area is 169 Å². The molecule has 0 radical (unpaired) electrons. The number of aromatic nitrogens is 2. The van der Waals surface area contributed by atoms with Crippen molar-refractivity contribution in [2.75, 3.05) is 33.4 Å². The Balaban J connectivity index is 1.53. The molecule has 7 nitrogen and oxygen atoms in total. The fraction of sp³-hybridized carbons (Fsp3) is 0.556. The predicted octanol–water partition coefficient (Wildman–Crippen LogP) is 3.43. The van der Waals surface area contributed by atoms with E-state index in [4.69, 9.17) is 21.1 Å². The van der Waals surface area contributed by atoms with Gasteiger partial charge in [0.1, 0.15) is 18.1 Å². The molecule has 158 valence electrons. The largest absolute Gasteiger partial charge is 0.497 e. The van der Waals surface area contributed by atoms with E-state index in [-0.39, 0.29) is 28.4 Å². The molecule has 0 spiro atoms. The summed E-state index contributed by atoms with van der Waals surface area (Å²) >= 11 is 6.38. The van der Waals surface area contributed by atoms with Crippen molar-refractivity contribution >= 4 is 23.2 Å². The lowest BCUT2D eigenvalue weighted by atomic mass is 10.0. The number of nitrogens with zero attached hydrogens (tertiary/aromatic N) is 4. The molecule has 2 aromatic heterocycles. The SMILES string of the molecule is COc1cc(C(F)(F)F)n2nc(CN3CCC(N4CCOC4=O)CC3)c(Cl)c2c1. The zero-order chi connectivity index (χ0) is 20.8. The molecule has 4 heterocycles. The Hall–Kier alpha value is -2.20. The number of likely N-dealkylation sites (tertiary alicyclic amines) is 1. The van der Waals surface area contributed by atoms with Crippen LogP contribution in [-0.4, -0.2) is 64.9 Å². The number of hydrogen-bond acceptors (Lipinski definition) is 5. The van der Waals surface area contributed by atoms with E-state index in [1.807, 2.05) is 0 Å². The fourth-order valence-electron chi connectivity index (χ4n) is 3.90. The Morgan fingerprint density at radius 3 is 2.59 bits per heavy atom. The number of ether oxygens (including phenoxy) is 2. The quantitative estimate of drug-likeness (QED) is 0.741. The first-order chi connectivity index (χ1) is 13.8. The van der Waals surface area contributed by atoms with Crippen LogP contribution in [0.25, 0.3) is 5.52 Å². The zero-order valence-electron chi connectivity index (χ0n) is 15.7. The Kier molecular flexibility index (Phi) is 5.24. The van der Waals surface area contributed by atoms with Gasteiger partial charge >= 0.3 is 12.3 Å². The molecule has 0 N–H and O–H groups in total. The fourth-order valence-corrected chi connectivity index (χ4v) is 4.13. The summed E-state index contributed by atoms with van der Waals surface area (Å²) in [5.41, 5.74) is -0.404. The van der Waals surface area contributed by atoms with E-state index in [1.165, 1.54) is 13.2 Å². The Morgan fingerprint density at radius 2 is 2.00 bits per heavy atom. The number of carbonyl (C=O) groups excluding carboxylic acids is 1. The number of methoxy groups -OCH3 is 1. The van der Waals surface area contributed by atoms with E-state index < -0.39 is 11.9 Å². The molecule has 0 aromatic carbocycles. The summed E-state index contributed by atoms with van der Waals surface area (Å²) < 4.78 is 51.1. The maximum Gasteiger partial charge on any atom is 0.433 e. The second-order valence-electron chi connectivity index (χ2n) is 7.15. The molecule has 0 bridgehead atoms. The lowest BCUT2D eigenvalue weighted by Gasteiger charge is -2.35. The van der Waals surface area contributed by atoms with Crippen molar-refractivity contribution in [3.05, 3.63) is 28.5 Å². The minimum atomic E-state index is -4.60. The van der Waals surface area contributed by atoms with Crippen LogP contribution < -0.4 is 4.74 Å². The first kappa shape index (κ1) is 20.1. The third kappa shape index (κ3) is 3.83. The van der Waals surface area contributed by atoms with Gasteiger partial charge in [-0.05, 0) is 12.8 Å². The third-order valence-electron chi connectivity index (χ3n) is 5.40. The number of fused-ring (bicyclic) bond motifs is 1. The molecule has 2 aliphatic rings. The van der Waals surface area contributed by atoms with Crippen LogP contribution in [0, 0.1) is 0 Å². The second-order valence-corrected chi connectivity index (χ2v) is 7.53. The molecule has 2 aliphatic heterocycles. The van der Waals surface area contributed by atoms with Crippen molar-refractivity contribution in [2.24, 2.45) is 0 Å². The van der Waals surface area contributed by atoms with Gasteiger partial charge in [0.25, 0.3) is 0 Å². The van der Waals surface area contributed by atoms with Gasteiger partial charge in [0.2, 0.25) is 0 Å². The number of cyclic esters (lactones) is 1. The first-order valence-corrected chi connectivity index (χ1v) is 9.64. The van der Waals surface area contributed by atoms with Gasteiger partial charge in [-0.1, -0.05) is 11.6 Å². The van der Waals surface area contributed by atoms with Gasteiger partial charge in [-0.25, -0.2) is 9.31 Å². The molecule has 0 saturated carbocycles. The minimum Gasteiger partial charge on any atom is -0.497 e. The summed E-state index contributed by atoms with van der Waals surface area (Å²) in [6, 6.07) is 2.47. The van der Waals surface area contributed by atoms with Crippen LogP contribution >= 0.6 is 11.6 Å². The number of halogens is 4. The van der Waals surface area contributed by atoms with Crippen molar-refractivity contribution in [3.63, 3.8) is 0 Å². The van der Waals surface area contributed by atoms with E-state index in [9.17, 15) is 18.0 Å². The predicted molar refractivity (Wildman–Crippen MR) is 98.1 cm³/mol. The number of amides is 1. The first-order valence-electron chi connectivity index (χ1n) is 9.26. The standard InChI is InChI=1S/C18H20ClF3N4O3/c1-28-12-8-14-16(19)13(23-26(14)15(9-12)18(20,21)22)10-24-4-2-11(3-5-24)25-6-7-29-17(25)27/h8-9,11H,2-7,10H2,1H3. The van der Waals surface area contributed by atoms with E-state index in [1.54, 1.807) is 4.90 Å². The molecule has 0 aliphatic carbocycles. The minimum absolute atomic E-state index is 0.0662. The average molecular weight is 433 g/mol. The summed E-state index contributed by atoms with van der Waals surface area (Å²) in [5, 5.41) is 4.32. The molecule has 0 unspecified atom stereocenters. The molecule has 0 atom stereocenters. The number of rotatable bonds is 4. The summed E-state index contributed by atoms with van der Waals surface area (Å²) in [6.45, 7) is 2.73. The molecule has 11 heteroatoms. The van der Waals surface area contributed by atoms with Gasteiger partial charge in [0.15, 0.2) is 0 Å². The Morgan fingerprint density at radius 1 is 1.28 bits per heavy atom. The molecule has 2 aromatic rings. The van der Waals surface area contributed by atoms with E-state index in [2.05, 4.69) is 10.00 Å². The monoisotopic (exact) mass is 432 g/mol. The van der Waals surface area contributed by atoms with Crippen molar-refractivity contribution in [1.82, 2.24) is 19.4 Å². The van der Waals surface area contributed by atoms with Gasteiger partial charge in [0.05, 0.1) is 29.9 Å². The van der Waals surface area contributed by atoms with Gasteiger partial charge in [-0.2, -0.15) is 18.3 Å². The van der Waals surface area contributed by atoms with Crippen LogP contribution in [0.2, 0.25) is 5.02 Å². The third-order valence-corrected chi connectivity index (χ3v) is 5.81. The highest BCUT2D eigenvalue weighted by atomic mass is 35.5. The van der Waals surface area contributed by atoms with Crippen LogP contribution in [0.3, 0.4) is 0 Å². The molecular formula is C18H20ClF3N4O3. The summed E-state index contributed by atoms with van der Waals surface area (Å²) in [4.78, 5) is 15.5. The molecule has 4 rings (SSSR count). The number of carbonyl (C=O) groups is 1. The van der Waals surface area contributed by atoms with Crippen LogP contribution in [0.5, 0.6) is 5.75 Å². The van der Waals surface area contributed by atoms with Crippen LogP contribution in [0.1, 0.15) is 24.2 Å². The van der Waals surface area contributed by atoms with Crippen molar-refractivity contribution in [1.29, 1.82) is 0 Å². The lowest BCUT2D eigenvalue weighted by molar-refractivity contribution is -0.142. The average Bonchev–Trinajstić information content (AvgIpc) is 3.25. The van der Waals surface area contributed by atoms with Crippen molar-refractivity contribution in [3.8, 4) is 5.75 Å². The van der Waals surface area contributed by atoms with Gasteiger partial charge in [-0.15, -0.1) is 0 Å². The summed E-state index contributed by atoms with van der Waals surface area (Å²) in [7, 11) is 1.30. The van der Waals surface area contributed by atoms with E-state index >= 15 is 0 Å². The summed E-state index contributed by atoms with van der Waals surface area (Å²) in [6.07, 6.45) is -3.34. The molecule has 2 saturated heterocycles. The van der Waals surface area contributed by atoms with E-state index in [0.717, 1.165) is 23.4 Å². The highest BCUT2D eigenvalue weighted by Crippen LogP contribution is 2.36. The Bertz CT molecular complexity index is 925. The highest BCUT2D eigenvalue weighted by Gasteiger charge is 2.36.